The van der Waals surface area contributed by atoms with E-state index < -0.39 is 0 Å². The highest BCUT2D eigenvalue weighted by Crippen LogP contribution is 2.28. The summed E-state index contributed by atoms with van der Waals surface area (Å²) in [6.45, 7) is 0. The summed E-state index contributed by atoms with van der Waals surface area (Å²) in [7, 11) is 0. The largest absolute Gasteiger partial charge is 0.192 e. The van der Waals surface area contributed by atoms with Crippen molar-refractivity contribution in [1.29, 1.82) is 15.8 Å². The van der Waals surface area contributed by atoms with E-state index in [0.29, 0.717) is 11.1 Å². The average Bonchev–Trinajstić information content (AvgIpc) is 2.28. The summed E-state index contributed by atoms with van der Waals surface area (Å²) in [4.78, 5) is 0. The lowest BCUT2D eigenvalue weighted by Crippen LogP contribution is -1.84. The third kappa shape index (κ3) is 2.53. The zero-order valence-corrected chi connectivity index (χ0v) is 9.34. The number of allylic oxidation sites excluding steroid dienone is 1. The maximum atomic E-state index is 8.66. The standard InChI is InChI=1S/C11H3Cl2N3/c12-10-2-7(4-14)3-11(13)9(10)1-8(5-15)6-16/h1-3H. The molecular formula is C11H3Cl2N3. The summed E-state index contributed by atoms with van der Waals surface area (Å²) in [6, 6.07) is 8.14. The summed E-state index contributed by atoms with van der Waals surface area (Å²) in [5.74, 6) is 0. The summed E-state index contributed by atoms with van der Waals surface area (Å²) < 4.78 is 0. The number of rotatable bonds is 1. The van der Waals surface area contributed by atoms with E-state index in [1.165, 1.54) is 18.2 Å². The molecule has 0 bridgehead atoms. The minimum Gasteiger partial charge on any atom is -0.192 e. The van der Waals surface area contributed by atoms with E-state index in [2.05, 4.69) is 0 Å². The fraction of sp³-hybridized carbons (Fsp3) is 0. The van der Waals surface area contributed by atoms with Crippen molar-refractivity contribution in [1.82, 2.24) is 0 Å². The first-order valence-electron chi connectivity index (χ1n) is 4.03. The van der Waals surface area contributed by atoms with Crippen LogP contribution in [0.5, 0.6) is 0 Å². The molecule has 0 saturated heterocycles. The molecule has 0 unspecified atom stereocenters. The third-order valence-electron chi connectivity index (χ3n) is 1.74. The number of nitriles is 3. The lowest BCUT2D eigenvalue weighted by Gasteiger charge is -2.02. The van der Waals surface area contributed by atoms with Gasteiger partial charge in [-0.1, -0.05) is 23.2 Å². The number of halogens is 2. The summed E-state index contributed by atoms with van der Waals surface area (Å²) in [6.07, 6.45) is 1.28. The van der Waals surface area contributed by atoms with Gasteiger partial charge in [-0.3, -0.25) is 0 Å². The molecule has 0 spiro atoms. The Morgan fingerprint density at radius 1 is 1.06 bits per heavy atom. The molecule has 0 atom stereocenters. The SMILES string of the molecule is N#CC(C#N)=Cc1c(Cl)cc(C#N)cc1Cl. The van der Waals surface area contributed by atoms with Crippen molar-refractivity contribution in [2.75, 3.05) is 0 Å². The first-order chi connectivity index (χ1) is 7.62. The van der Waals surface area contributed by atoms with Crippen LogP contribution in [-0.2, 0) is 0 Å². The van der Waals surface area contributed by atoms with E-state index in [-0.39, 0.29) is 15.6 Å². The lowest BCUT2D eigenvalue weighted by atomic mass is 10.1. The Morgan fingerprint density at radius 3 is 1.94 bits per heavy atom. The molecule has 0 aliphatic rings. The van der Waals surface area contributed by atoms with Crippen molar-refractivity contribution in [2.45, 2.75) is 0 Å². The van der Waals surface area contributed by atoms with Crippen LogP contribution in [0.4, 0.5) is 0 Å². The first-order valence-corrected chi connectivity index (χ1v) is 4.79. The van der Waals surface area contributed by atoms with E-state index in [0.717, 1.165) is 0 Å². The Kier molecular flexibility index (Phi) is 3.92. The molecule has 0 fully saturated rings. The third-order valence-corrected chi connectivity index (χ3v) is 2.36. The Hall–Kier alpha value is -1.99. The molecule has 76 valence electrons. The molecule has 0 heterocycles. The maximum absolute atomic E-state index is 8.66. The van der Waals surface area contributed by atoms with Gasteiger partial charge in [0.2, 0.25) is 0 Å². The fourth-order valence-electron chi connectivity index (χ4n) is 1.02. The van der Waals surface area contributed by atoms with Crippen molar-refractivity contribution in [3.05, 3.63) is 38.9 Å². The van der Waals surface area contributed by atoms with Crippen molar-refractivity contribution in [3.63, 3.8) is 0 Å². The Labute approximate surface area is 102 Å². The van der Waals surface area contributed by atoms with Gasteiger partial charge in [0.1, 0.15) is 17.7 Å². The second-order valence-electron chi connectivity index (χ2n) is 2.75. The number of hydrogen-bond acceptors (Lipinski definition) is 3. The quantitative estimate of drug-likeness (QED) is 0.715. The molecule has 16 heavy (non-hydrogen) atoms. The van der Waals surface area contributed by atoms with Gasteiger partial charge in [-0.25, -0.2) is 0 Å². The van der Waals surface area contributed by atoms with Gasteiger partial charge in [0.15, 0.2) is 0 Å². The van der Waals surface area contributed by atoms with Crippen molar-refractivity contribution in [2.24, 2.45) is 0 Å². The maximum Gasteiger partial charge on any atom is 0.130 e. The number of benzene rings is 1. The minimum atomic E-state index is -0.103. The van der Waals surface area contributed by atoms with E-state index in [1.54, 1.807) is 12.1 Å². The van der Waals surface area contributed by atoms with Gasteiger partial charge in [0.25, 0.3) is 0 Å². The molecular weight excluding hydrogens is 245 g/mol. The Bertz CT molecular complexity index is 544. The molecule has 1 aromatic carbocycles. The van der Waals surface area contributed by atoms with Gasteiger partial charge in [-0.15, -0.1) is 0 Å². The molecule has 1 rings (SSSR count). The van der Waals surface area contributed by atoms with Crippen LogP contribution in [0.1, 0.15) is 11.1 Å². The van der Waals surface area contributed by atoms with Crippen LogP contribution in [0.2, 0.25) is 10.0 Å². The highest BCUT2D eigenvalue weighted by Gasteiger charge is 2.07. The van der Waals surface area contributed by atoms with Crippen LogP contribution in [0.25, 0.3) is 6.08 Å². The molecule has 3 nitrogen and oxygen atoms in total. The summed E-state index contributed by atoms with van der Waals surface area (Å²) >= 11 is 11.7. The summed E-state index contributed by atoms with van der Waals surface area (Å²) in [5.41, 5.74) is 0.580. The highest BCUT2D eigenvalue weighted by atomic mass is 35.5. The van der Waals surface area contributed by atoms with Gasteiger partial charge in [0.05, 0.1) is 21.7 Å². The zero-order chi connectivity index (χ0) is 12.1. The second kappa shape index (κ2) is 5.19. The van der Waals surface area contributed by atoms with E-state index >= 15 is 0 Å². The van der Waals surface area contributed by atoms with E-state index in [1.807, 2.05) is 6.07 Å². The normalized spacial score (nSPS) is 8.44. The van der Waals surface area contributed by atoms with E-state index in [9.17, 15) is 0 Å². The van der Waals surface area contributed by atoms with E-state index in [4.69, 9.17) is 39.0 Å². The molecule has 0 aliphatic heterocycles. The predicted octanol–water partition coefficient (Wildman–Crippen LogP) is 3.30. The second-order valence-corrected chi connectivity index (χ2v) is 3.56. The monoisotopic (exact) mass is 247 g/mol. The Morgan fingerprint density at radius 2 is 1.56 bits per heavy atom. The minimum absolute atomic E-state index is 0.103. The van der Waals surface area contributed by atoms with Crippen LogP contribution >= 0.6 is 23.2 Å². The molecule has 5 heteroatoms. The van der Waals surface area contributed by atoms with Crippen LogP contribution < -0.4 is 0 Å². The fourth-order valence-corrected chi connectivity index (χ4v) is 1.62. The lowest BCUT2D eigenvalue weighted by molar-refractivity contribution is 1.46. The molecule has 0 aromatic heterocycles. The molecule has 0 aliphatic carbocycles. The molecule has 0 radical (unpaired) electrons. The number of hydrogen-bond donors (Lipinski definition) is 0. The smallest absolute Gasteiger partial charge is 0.130 e. The predicted molar refractivity (Wildman–Crippen MR) is 60.4 cm³/mol. The van der Waals surface area contributed by atoms with Crippen molar-refractivity contribution >= 4 is 29.3 Å². The zero-order valence-electron chi connectivity index (χ0n) is 7.83. The van der Waals surface area contributed by atoms with Gasteiger partial charge < -0.3 is 0 Å². The molecule has 0 saturated carbocycles. The molecule has 0 N–H and O–H groups in total. The van der Waals surface area contributed by atoms with Gasteiger partial charge >= 0.3 is 0 Å². The highest BCUT2D eigenvalue weighted by molar-refractivity contribution is 6.37. The summed E-state index contributed by atoms with van der Waals surface area (Å²) in [5, 5.41) is 26.3. The van der Waals surface area contributed by atoms with Crippen LogP contribution in [0, 0.1) is 34.0 Å². The number of nitrogens with zero attached hydrogens (tertiary/aromatic N) is 3. The van der Waals surface area contributed by atoms with Gasteiger partial charge in [-0.05, 0) is 18.2 Å². The molecule has 1 aromatic rings. The average molecular weight is 248 g/mol. The van der Waals surface area contributed by atoms with Gasteiger partial charge in [0, 0.05) is 5.56 Å². The van der Waals surface area contributed by atoms with Crippen LogP contribution in [0.15, 0.2) is 17.7 Å². The molecule has 0 amide bonds. The van der Waals surface area contributed by atoms with Crippen molar-refractivity contribution in [3.8, 4) is 18.2 Å². The first kappa shape index (κ1) is 12.1. The van der Waals surface area contributed by atoms with Gasteiger partial charge in [-0.2, -0.15) is 15.8 Å². The Balaban J connectivity index is 3.40. The van der Waals surface area contributed by atoms with Crippen LogP contribution in [0.3, 0.4) is 0 Å². The van der Waals surface area contributed by atoms with Crippen LogP contribution in [-0.4, -0.2) is 0 Å². The topological polar surface area (TPSA) is 71.4 Å². The van der Waals surface area contributed by atoms with Crippen molar-refractivity contribution < 1.29 is 0 Å².